The van der Waals surface area contributed by atoms with Gasteiger partial charge in [0.05, 0.1) is 5.69 Å². The van der Waals surface area contributed by atoms with E-state index in [9.17, 15) is 4.79 Å². The van der Waals surface area contributed by atoms with Crippen LogP contribution in [0.5, 0.6) is 0 Å². The second kappa shape index (κ2) is 4.23. The van der Waals surface area contributed by atoms with Crippen LogP contribution < -0.4 is 0 Å². The van der Waals surface area contributed by atoms with Crippen LogP contribution in [0.25, 0.3) is 0 Å². The smallest absolute Gasteiger partial charge is 0.333 e. The van der Waals surface area contributed by atoms with Crippen molar-refractivity contribution < 1.29 is 14.6 Å². The molecule has 0 fully saturated rings. The minimum absolute atomic E-state index is 0.304. The van der Waals surface area contributed by atoms with Gasteiger partial charge in [-0.05, 0) is 12.5 Å². The van der Waals surface area contributed by atoms with Crippen molar-refractivity contribution in [3.63, 3.8) is 0 Å². The van der Waals surface area contributed by atoms with Gasteiger partial charge in [-0.25, -0.2) is 4.79 Å². The first kappa shape index (κ1) is 10.7. The molecule has 0 aromatic carbocycles. The van der Waals surface area contributed by atoms with E-state index < -0.39 is 12.1 Å². The highest BCUT2D eigenvalue weighted by Gasteiger charge is 2.19. The zero-order chi connectivity index (χ0) is 10.7. The van der Waals surface area contributed by atoms with Gasteiger partial charge in [0.1, 0.15) is 0 Å². The molecule has 0 aliphatic carbocycles. The third-order valence-electron chi connectivity index (χ3n) is 2.05. The van der Waals surface area contributed by atoms with E-state index >= 15 is 0 Å². The average molecular weight is 198 g/mol. The molecule has 0 saturated heterocycles. The molecule has 78 valence electrons. The van der Waals surface area contributed by atoms with Crippen molar-refractivity contribution in [2.24, 2.45) is 7.05 Å². The highest BCUT2D eigenvalue weighted by molar-refractivity contribution is 5.72. The van der Waals surface area contributed by atoms with Gasteiger partial charge >= 0.3 is 5.97 Å². The molecular formula is C9H14N2O3. The van der Waals surface area contributed by atoms with Crippen molar-refractivity contribution in [3.05, 3.63) is 17.5 Å². The number of carbonyl (C=O) groups is 1. The van der Waals surface area contributed by atoms with Crippen LogP contribution in [-0.2, 0) is 23.0 Å². The summed E-state index contributed by atoms with van der Waals surface area (Å²) in [7, 11) is 3.19. The molecule has 0 amide bonds. The van der Waals surface area contributed by atoms with Crippen LogP contribution in [0, 0.1) is 6.92 Å². The number of ether oxygens (including phenoxy) is 1. The minimum Gasteiger partial charge on any atom is -0.479 e. The van der Waals surface area contributed by atoms with Crippen LogP contribution in [-0.4, -0.2) is 34.1 Å². The van der Waals surface area contributed by atoms with E-state index in [-0.39, 0.29) is 0 Å². The van der Waals surface area contributed by atoms with Gasteiger partial charge in [-0.3, -0.25) is 4.68 Å². The molecule has 0 radical (unpaired) electrons. The van der Waals surface area contributed by atoms with E-state index in [4.69, 9.17) is 9.84 Å². The predicted octanol–water partition coefficient (Wildman–Crippen LogP) is 0.371. The Balaban J connectivity index is 2.76. The quantitative estimate of drug-likeness (QED) is 0.759. The number of carboxylic acids is 1. The Hall–Kier alpha value is -1.36. The van der Waals surface area contributed by atoms with Crippen LogP contribution in [0.15, 0.2) is 6.20 Å². The van der Waals surface area contributed by atoms with E-state index in [0.717, 1.165) is 11.3 Å². The molecule has 1 heterocycles. The van der Waals surface area contributed by atoms with Crippen molar-refractivity contribution in [3.8, 4) is 0 Å². The SMILES string of the molecule is COC(Cc1nn(C)cc1C)C(=O)O. The Kier molecular flexibility index (Phi) is 3.24. The molecule has 5 nitrogen and oxygen atoms in total. The summed E-state index contributed by atoms with van der Waals surface area (Å²) in [4.78, 5) is 10.7. The molecule has 0 bridgehead atoms. The molecular weight excluding hydrogens is 184 g/mol. The lowest BCUT2D eigenvalue weighted by Crippen LogP contribution is -2.25. The first-order chi connectivity index (χ1) is 6.54. The highest BCUT2D eigenvalue weighted by Crippen LogP contribution is 2.08. The maximum absolute atomic E-state index is 10.7. The molecule has 0 aliphatic heterocycles. The van der Waals surface area contributed by atoms with Gasteiger partial charge in [-0.1, -0.05) is 0 Å². The summed E-state index contributed by atoms with van der Waals surface area (Å²) in [5.41, 5.74) is 1.75. The van der Waals surface area contributed by atoms with Gasteiger partial charge in [0, 0.05) is 26.8 Å². The Labute approximate surface area is 82.3 Å². The second-order valence-electron chi connectivity index (χ2n) is 3.20. The van der Waals surface area contributed by atoms with E-state index in [0.29, 0.717) is 6.42 Å². The largest absolute Gasteiger partial charge is 0.479 e. The molecule has 5 heteroatoms. The molecule has 0 aliphatic rings. The van der Waals surface area contributed by atoms with Crippen LogP contribution in [0.3, 0.4) is 0 Å². The van der Waals surface area contributed by atoms with Crippen LogP contribution in [0.1, 0.15) is 11.3 Å². The fraction of sp³-hybridized carbons (Fsp3) is 0.556. The molecule has 1 N–H and O–H groups in total. The average Bonchev–Trinajstić information content (AvgIpc) is 2.40. The number of nitrogens with zero attached hydrogens (tertiary/aromatic N) is 2. The van der Waals surface area contributed by atoms with Crippen molar-refractivity contribution in [1.29, 1.82) is 0 Å². The van der Waals surface area contributed by atoms with Crippen molar-refractivity contribution in [2.75, 3.05) is 7.11 Å². The normalized spacial score (nSPS) is 12.8. The Morgan fingerprint density at radius 3 is 2.79 bits per heavy atom. The molecule has 0 spiro atoms. The summed E-state index contributed by atoms with van der Waals surface area (Å²) >= 11 is 0. The maximum atomic E-state index is 10.7. The van der Waals surface area contributed by atoms with Gasteiger partial charge < -0.3 is 9.84 Å². The Bertz CT molecular complexity index is 333. The molecule has 1 aromatic heterocycles. The number of carboxylic acid groups (broad SMARTS) is 1. The Morgan fingerprint density at radius 1 is 1.79 bits per heavy atom. The van der Waals surface area contributed by atoms with E-state index in [1.165, 1.54) is 7.11 Å². The lowest BCUT2D eigenvalue weighted by Gasteiger charge is -2.08. The topological polar surface area (TPSA) is 64.4 Å². The summed E-state index contributed by atoms with van der Waals surface area (Å²) in [6.45, 7) is 1.90. The fourth-order valence-electron chi connectivity index (χ4n) is 1.30. The number of aliphatic carboxylic acids is 1. The summed E-state index contributed by atoms with van der Waals surface area (Å²) in [6, 6.07) is 0. The van der Waals surface area contributed by atoms with Crippen LogP contribution in [0.2, 0.25) is 0 Å². The zero-order valence-electron chi connectivity index (χ0n) is 8.52. The maximum Gasteiger partial charge on any atom is 0.333 e. The third kappa shape index (κ3) is 2.32. The number of hydrogen-bond donors (Lipinski definition) is 1. The first-order valence-corrected chi connectivity index (χ1v) is 4.29. The fourth-order valence-corrected chi connectivity index (χ4v) is 1.30. The van der Waals surface area contributed by atoms with Gasteiger partial charge in [0.15, 0.2) is 6.10 Å². The number of rotatable bonds is 4. The lowest BCUT2D eigenvalue weighted by molar-refractivity contribution is -0.148. The molecule has 0 saturated carbocycles. The zero-order valence-corrected chi connectivity index (χ0v) is 8.52. The molecule has 14 heavy (non-hydrogen) atoms. The van der Waals surface area contributed by atoms with Gasteiger partial charge in [0.2, 0.25) is 0 Å². The highest BCUT2D eigenvalue weighted by atomic mass is 16.5. The summed E-state index contributed by atoms with van der Waals surface area (Å²) in [5.74, 6) is -0.961. The molecule has 1 rings (SSSR count). The summed E-state index contributed by atoms with van der Waals surface area (Å²) < 4.78 is 6.50. The van der Waals surface area contributed by atoms with Crippen LogP contribution >= 0.6 is 0 Å². The van der Waals surface area contributed by atoms with Crippen molar-refractivity contribution in [2.45, 2.75) is 19.4 Å². The standard InChI is InChI=1S/C9H14N2O3/c1-6-5-11(2)10-7(6)4-8(14-3)9(12)13/h5,8H,4H2,1-3H3,(H,12,13). The van der Waals surface area contributed by atoms with Gasteiger partial charge in [0.25, 0.3) is 0 Å². The van der Waals surface area contributed by atoms with E-state index in [2.05, 4.69) is 5.10 Å². The number of methoxy groups -OCH3 is 1. The lowest BCUT2D eigenvalue weighted by atomic mass is 10.1. The molecule has 1 aromatic rings. The van der Waals surface area contributed by atoms with Crippen molar-refractivity contribution in [1.82, 2.24) is 9.78 Å². The molecule has 1 unspecified atom stereocenters. The monoisotopic (exact) mass is 198 g/mol. The second-order valence-corrected chi connectivity index (χ2v) is 3.20. The summed E-state index contributed by atoms with van der Waals surface area (Å²) in [5, 5.41) is 12.9. The van der Waals surface area contributed by atoms with E-state index in [1.54, 1.807) is 11.7 Å². The minimum atomic E-state index is -0.961. The third-order valence-corrected chi connectivity index (χ3v) is 2.05. The first-order valence-electron chi connectivity index (χ1n) is 4.29. The molecule has 1 atom stereocenters. The summed E-state index contributed by atoms with van der Waals surface area (Å²) in [6.07, 6.45) is 1.34. The van der Waals surface area contributed by atoms with E-state index in [1.807, 2.05) is 13.1 Å². The van der Waals surface area contributed by atoms with Crippen molar-refractivity contribution >= 4 is 5.97 Å². The number of aromatic nitrogens is 2. The van der Waals surface area contributed by atoms with Gasteiger partial charge in [-0.15, -0.1) is 0 Å². The van der Waals surface area contributed by atoms with Gasteiger partial charge in [-0.2, -0.15) is 5.10 Å². The Morgan fingerprint density at radius 2 is 2.43 bits per heavy atom. The number of aryl methyl sites for hydroxylation is 2. The number of hydrogen-bond acceptors (Lipinski definition) is 3. The predicted molar refractivity (Wildman–Crippen MR) is 50.1 cm³/mol. The van der Waals surface area contributed by atoms with Crippen LogP contribution in [0.4, 0.5) is 0 Å².